The van der Waals surface area contributed by atoms with Crippen LogP contribution in [0, 0.1) is 0 Å². The lowest BCUT2D eigenvalue weighted by Gasteiger charge is -2.19. The Morgan fingerprint density at radius 2 is 1.57 bits per heavy atom. The highest BCUT2D eigenvalue weighted by Crippen LogP contribution is 2.36. The Morgan fingerprint density at radius 3 is 2.20 bits per heavy atom. The van der Waals surface area contributed by atoms with Gasteiger partial charge in [0.15, 0.2) is 5.78 Å². The first-order valence-electron chi connectivity index (χ1n) is 11.9. The minimum Gasteiger partial charge on any atom is -0.361 e. The summed E-state index contributed by atoms with van der Waals surface area (Å²) in [5.41, 5.74) is -1.03. The van der Waals surface area contributed by atoms with Gasteiger partial charge in [-0.15, -0.1) is 12.4 Å². The van der Waals surface area contributed by atoms with Crippen molar-refractivity contribution in [2.24, 2.45) is 0 Å². The van der Waals surface area contributed by atoms with E-state index in [4.69, 9.17) is 0 Å². The summed E-state index contributed by atoms with van der Waals surface area (Å²) in [6.07, 6.45) is -5.96. The van der Waals surface area contributed by atoms with E-state index >= 15 is 0 Å². The number of carbonyl (C=O) groups is 2. The summed E-state index contributed by atoms with van der Waals surface area (Å²) < 4.78 is 79.4. The number of Topliss-reactive ketones (excluding diaryl/α,β-unsaturated/α-hetero) is 1. The third kappa shape index (κ3) is 7.84. The number of nitrogens with one attached hydrogen (secondary N) is 2. The fourth-order valence-electron chi connectivity index (χ4n) is 4.30. The van der Waals surface area contributed by atoms with E-state index in [9.17, 15) is 35.9 Å². The molecule has 0 saturated carbocycles. The number of hydrogen-bond acceptors (Lipinski definition) is 3. The number of nitrogens with zero attached hydrogens (tertiary/aromatic N) is 1. The molecule has 0 radical (unpaired) electrons. The van der Waals surface area contributed by atoms with Gasteiger partial charge in [0, 0.05) is 42.3 Å². The highest BCUT2D eigenvalue weighted by atomic mass is 35.5. The molecule has 2 N–H and O–H groups in total. The average Bonchev–Trinajstić information content (AvgIpc) is 3.29. The number of aromatic amines is 1. The van der Waals surface area contributed by atoms with Crippen molar-refractivity contribution >= 4 is 35.0 Å². The maximum absolute atomic E-state index is 13.2. The van der Waals surface area contributed by atoms with E-state index in [1.807, 2.05) is 24.3 Å². The van der Waals surface area contributed by atoms with Crippen LogP contribution in [-0.4, -0.2) is 27.7 Å². The second-order valence-electron chi connectivity index (χ2n) is 9.10. The standard InChI is InChI=1S/C28H23F6N3O2.ClH/c29-27(30,31)20-10-17(11-21(14-20)28(32,33)34)7-8-25(38)24(37-26(39)12-18-4-3-9-35-15-18)13-19-16-36-23-6-2-1-5-22(19)23;/h1-6,9-11,14-16,24,36H,7-8,12-13H2,(H,37,39);1H. The van der Waals surface area contributed by atoms with Gasteiger partial charge < -0.3 is 10.3 Å². The van der Waals surface area contributed by atoms with E-state index in [1.165, 1.54) is 6.20 Å². The van der Waals surface area contributed by atoms with Gasteiger partial charge in [0.05, 0.1) is 23.6 Å². The van der Waals surface area contributed by atoms with Crippen LogP contribution in [0.5, 0.6) is 0 Å². The molecule has 0 bridgehead atoms. The Morgan fingerprint density at radius 1 is 0.900 bits per heavy atom. The summed E-state index contributed by atoms with van der Waals surface area (Å²) in [5, 5.41) is 3.51. The first-order chi connectivity index (χ1) is 18.4. The van der Waals surface area contributed by atoms with Crippen molar-refractivity contribution in [1.29, 1.82) is 0 Å². The number of halogens is 7. The molecule has 0 aliphatic carbocycles. The van der Waals surface area contributed by atoms with Gasteiger partial charge in [-0.05, 0) is 53.4 Å². The predicted molar refractivity (Wildman–Crippen MR) is 139 cm³/mol. The van der Waals surface area contributed by atoms with E-state index < -0.39 is 41.2 Å². The monoisotopic (exact) mass is 583 g/mol. The van der Waals surface area contributed by atoms with E-state index in [1.54, 1.807) is 24.5 Å². The molecular weight excluding hydrogens is 560 g/mol. The van der Waals surface area contributed by atoms with Crippen molar-refractivity contribution < 1.29 is 35.9 Å². The van der Waals surface area contributed by atoms with E-state index in [0.29, 0.717) is 17.7 Å². The van der Waals surface area contributed by atoms with Crippen LogP contribution in [0.2, 0.25) is 0 Å². The van der Waals surface area contributed by atoms with Crippen LogP contribution in [0.1, 0.15) is 34.2 Å². The topological polar surface area (TPSA) is 74.8 Å². The zero-order valence-electron chi connectivity index (χ0n) is 20.8. The lowest BCUT2D eigenvalue weighted by molar-refractivity contribution is -0.143. The van der Waals surface area contributed by atoms with E-state index in [0.717, 1.165) is 16.5 Å². The van der Waals surface area contributed by atoms with Gasteiger partial charge in [0.25, 0.3) is 0 Å². The first kappa shape index (κ1) is 30.7. The highest BCUT2D eigenvalue weighted by Gasteiger charge is 2.37. The maximum Gasteiger partial charge on any atom is 0.416 e. The summed E-state index contributed by atoms with van der Waals surface area (Å²) in [7, 11) is 0. The minimum absolute atomic E-state index is 0. The zero-order chi connectivity index (χ0) is 28.2. The molecular formula is C28H24ClF6N3O2. The zero-order valence-corrected chi connectivity index (χ0v) is 21.6. The first-order valence-corrected chi connectivity index (χ1v) is 11.9. The molecule has 40 heavy (non-hydrogen) atoms. The lowest BCUT2D eigenvalue weighted by Crippen LogP contribution is -2.43. The van der Waals surface area contributed by atoms with Crippen molar-refractivity contribution in [1.82, 2.24) is 15.3 Å². The van der Waals surface area contributed by atoms with Crippen LogP contribution in [0.3, 0.4) is 0 Å². The molecule has 12 heteroatoms. The number of H-pyrrole nitrogens is 1. The quantitative estimate of drug-likeness (QED) is 0.221. The second kappa shape index (κ2) is 12.5. The van der Waals surface area contributed by atoms with Gasteiger partial charge in [-0.25, -0.2) is 0 Å². The summed E-state index contributed by atoms with van der Waals surface area (Å²) in [5.74, 6) is -0.995. The third-order valence-electron chi connectivity index (χ3n) is 6.22. The number of pyridine rings is 1. The smallest absolute Gasteiger partial charge is 0.361 e. The molecule has 4 rings (SSSR count). The molecule has 5 nitrogen and oxygen atoms in total. The SMILES string of the molecule is Cl.O=C(Cc1cccnc1)NC(Cc1c[nH]c2ccccc12)C(=O)CCc1cc(C(F)(F)F)cc(C(F)(F)F)c1. The van der Waals surface area contributed by atoms with E-state index in [-0.39, 0.29) is 49.7 Å². The van der Waals surface area contributed by atoms with Crippen LogP contribution in [0.15, 0.2) is 73.2 Å². The summed E-state index contributed by atoms with van der Waals surface area (Å²) in [4.78, 5) is 33.0. The number of aryl methyl sites for hydroxylation is 1. The van der Waals surface area contributed by atoms with Gasteiger partial charge in [-0.3, -0.25) is 14.6 Å². The molecule has 2 heterocycles. The molecule has 0 saturated heterocycles. The number of fused-ring (bicyclic) bond motifs is 1. The maximum atomic E-state index is 13.2. The lowest BCUT2D eigenvalue weighted by atomic mass is 9.95. The Kier molecular flexibility index (Phi) is 9.62. The molecule has 2 aromatic heterocycles. The Bertz CT molecular complexity index is 1440. The van der Waals surface area contributed by atoms with Crippen LogP contribution < -0.4 is 5.32 Å². The molecule has 212 valence electrons. The molecule has 0 spiro atoms. The van der Waals surface area contributed by atoms with Crippen molar-refractivity contribution in [3.63, 3.8) is 0 Å². The molecule has 1 unspecified atom stereocenters. The summed E-state index contributed by atoms with van der Waals surface area (Å²) >= 11 is 0. The normalized spacial score (nSPS) is 12.6. The second-order valence-corrected chi connectivity index (χ2v) is 9.10. The molecule has 1 amide bonds. The summed E-state index contributed by atoms with van der Waals surface area (Å²) in [6, 6.07) is 10.9. The Labute approximate surface area is 231 Å². The number of alkyl halides is 6. The largest absolute Gasteiger partial charge is 0.416 e. The number of para-hydroxylation sites is 1. The number of carbonyl (C=O) groups excluding carboxylic acids is 2. The number of amides is 1. The average molecular weight is 584 g/mol. The fraction of sp³-hybridized carbons (Fsp3) is 0.250. The van der Waals surface area contributed by atoms with Gasteiger partial charge in [-0.2, -0.15) is 26.3 Å². The number of ketones is 1. The number of rotatable bonds is 9. The number of hydrogen-bond donors (Lipinski definition) is 2. The molecule has 2 aromatic carbocycles. The minimum atomic E-state index is -4.99. The van der Waals surface area contributed by atoms with Crippen molar-refractivity contribution in [3.8, 4) is 0 Å². The Balaban J connectivity index is 0.00000441. The van der Waals surface area contributed by atoms with Crippen LogP contribution in [-0.2, 0) is 41.2 Å². The van der Waals surface area contributed by atoms with Crippen LogP contribution >= 0.6 is 12.4 Å². The van der Waals surface area contributed by atoms with Gasteiger partial charge >= 0.3 is 12.4 Å². The third-order valence-corrected chi connectivity index (χ3v) is 6.22. The number of aromatic nitrogens is 2. The van der Waals surface area contributed by atoms with Gasteiger partial charge in [0.1, 0.15) is 0 Å². The molecule has 0 aliphatic rings. The van der Waals surface area contributed by atoms with Gasteiger partial charge in [-0.1, -0.05) is 24.3 Å². The van der Waals surface area contributed by atoms with Crippen LogP contribution in [0.4, 0.5) is 26.3 Å². The molecule has 0 aliphatic heterocycles. The van der Waals surface area contributed by atoms with E-state index in [2.05, 4.69) is 15.3 Å². The highest BCUT2D eigenvalue weighted by molar-refractivity contribution is 5.91. The van der Waals surface area contributed by atoms with Crippen molar-refractivity contribution in [2.45, 2.75) is 44.1 Å². The van der Waals surface area contributed by atoms with Crippen molar-refractivity contribution in [2.75, 3.05) is 0 Å². The number of benzene rings is 2. The predicted octanol–water partition coefficient (Wildman–Crippen LogP) is 6.49. The fourth-order valence-corrected chi connectivity index (χ4v) is 4.30. The molecule has 1 atom stereocenters. The molecule has 4 aromatic rings. The van der Waals surface area contributed by atoms with Crippen molar-refractivity contribution in [3.05, 3.63) is 101 Å². The molecule has 0 fully saturated rings. The summed E-state index contributed by atoms with van der Waals surface area (Å²) in [6.45, 7) is 0. The van der Waals surface area contributed by atoms with Crippen LogP contribution in [0.25, 0.3) is 10.9 Å². The van der Waals surface area contributed by atoms with Gasteiger partial charge in [0.2, 0.25) is 5.91 Å². The Hall–Kier alpha value is -3.86.